The molecule has 0 bridgehead atoms. The van der Waals surface area contributed by atoms with Crippen LogP contribution in [0.25, 0.3) is 0 Å². The van der Waals surface area contributed by atoms with Crippen molar-refractivity contribution >= 4 is 5.69 Å². The van der Waals surface area contributed by atoms with Crippen LogP contribution in [0.5, 0.6) is 5.75 Å². The van der Waals surface area contributed by atoms with Crippen LogP contribution in [-0.4, -0.2) is 54.5 Å². The van der Waals surface area contributed by atoms with Gasteiger partial charge in [-0.3, -0.25) is 9.69 Å². The standard InChI is InChI=1S/C20H28N4O2/c1-17-9-10-20(25)24(21-17)12-6-5-11-22-13-15-23(16-14-22)18-7-3-4-8-19(18)26-2/h3-4,7-10H,5-6,11-16H2,1-2H3. The summed E-state index contributed by atoms with van der Waals surface area (Å²) < 4.78 is 7.05. The Labute approximate surface area is 155 Å². The van der Waals surface area contributed by atoms with Crippen molar-refractivity contribution in [1.29, 1.82) is 0 Å². The molecule has 0 aliphatic carbocycles. The Kier molecular flexibility index (Phi) is 6.28. The average molecular weight is 356 g/mol. The molecule has 3 rings (SSSR count). The summed E-state index contributed by atoms with van der Waals surface area (Å²) in [6.45, 7) is 7.82. The highest BCUT2D eigenvalue weighted by Crippen LogP contribution is 2.28. The molecular weight excluding hydrogens is 328 g/mol. The van der Waals surface area contributed by atoms with Gasteiger partial charge in [-0.25, -0.2) is 4.68 Å². The third-order valence-electron chi connectivity index (χ3n) is 4.89. The van der Waals surface area contributed by atoms with Gasteiger partial charge in [-0.1, -0.05) is 12.1 Å². The number of hydrogen-bond donors (Lipinski definition) is 0. The molecule has 0 radical (unpaired) electrons. The van der Waals surface area contributed by atoms with Crippen LogP contribution in [0.15, 0.2) is 41.2 Å². The summed E-state index contributed by atoms with van der Waals surface area (Å²) in [4.78, 5) is 16.7. The highest BCUT2D eigenvalue weighted by atomic mass is 16.5. The molecule has 0 unspecified atom stereocenters. The van der Waals surface area contributed by atoms with E-state index in [-0.39, 0.29) is 5.56 Å². The van der Waals surface area contributed by atoms with Gasteiger partial charge in [0.2, 0.25) is 0 Å². The molecule has 1 aromatic carbocycles. The van der Waals surface area contributed by atoms with Crippen molar-refractivity contribution in [1.82, 2.24) is 14.7 Å². The maximum absolute atomic E-state index is 11.8. The van der Waals surface area contributed by atoms with E-state index in [0.29, 0.717) is 6.54 Å². The van der Waals surface area contributed by atoms with E-state index in [1.165, 1.54) is 5.69 Å². The number of piperazine rings is 1. The first-order valence-corrected chi connectivity index (χ1v) is 9.32. The van der Waals surface area contributed by atoms with Gasteiger partial charge in [-0.15, -0.1) is 0 Å². The molecule has 0 atom stereocenters. The van der Waals surface area contributed by atoms with Crippen LogP contribution in [0.2, 0.25) is 0 Å². The van der Waals surface area contributed by atoms with Gasteiger partial charge < -0.3 is 9.64 Å². The van der Waals surface area contributed by atoms with Crippen LogP contribution in [0.3, 0.4) is 0 Å². The molecule has 0 amide bonds. The Morgan fingerprint density at radius 2 is 1.73 bits per heavy atom. The van der Waals surface area contributed by atoms with Crippen molar-refractivity contribution in [2.75, 3.05) is 44.7 Å². The number of para-hydroxylation sites is 2. The van der Waals surface area contributed by atoms with E-state index in [1.54, 1.807) is 23.9 Å². The van der Waals surface area contributed by atoms with Gasteiger partial charge in [0.05, 0.1) is 18.5 Å². The van der Waals surface area contributed by atoms with Gasteiger partial charge in [-0.2, -0.15) is 5.10 Å². The fourth-order valence-corrected chi connectivity index (χ4v) is 3.41. The summed E-state index contributed by atoms with van der Waals surface area (Å²) in [5.41, 5.74) is 2.05. The third-order valence-corrected chi connectivity index (χ3v) is 4.89. The summed E-state index contributed by atoms with van der Waals surface area (Å²) in [6, 6.07) is 11.6. The van der Waals surface area contributed by atoms with Gasteiger partial charge >= 0.3 is 0 Å². The number of rotatable bonds is 7. The molecule has 0 N–H and O–H groups in total. The van der Waals surface area contributed by atoms with Crippen molar-refractivity contribution in [2.24, 2.45) is 0 Å². The van der Waals surface area contributed by atoms with Gasteiger partial charge in [0, 0.05) is 38.8 Å². The maximum Gasteiger partial charge on any atom is 0.266 e. The zero-order valence-electron chi connectivity index (χ0n) is 15.7. The second-order valence-corrected chi connectivity index (χ2v) is 6.74. The molecular formula is C20H28N4O2. The molecule has 1 aromatic heterocycles. The first-order chi connectivity index (χ1) is 12.7. The average Bonchev–Trinajstić information content (AvgIpc) is 2.68. The topological polar surface area (TPSA) is 50.6 Å². The Morgan fingerprint density at radius 1 is 1.00 bits per heavy atom. The van der Waals surface area contributed by atoms with Crippen molar-refractivity contribution in [3.8, 4) is 5.75 Å². The van der Waals surface area contributed by atoms with Crippen LogP contribution < -0.4 is 15.2 Å². The Bertz CT molecular complexity index is 766. The molecule has 26 heavy (non-hydrogen) atoms. The van der Waals surface area contributed by atoms with Gasteiger partial charge in [0.1, 0.15) is 5.75 Å². The minimum atomic E-state index is -0.0129. The Hall–Kier alpha value is -2.34. The largest absolute Gasteiger partial charge is 0.495 e. The molecule has 1 fully saturated rings. The lowest BCUT2D eigenvalue weighted by Crippen LogP contribution is -2.46. The molecule has 1 aliphatic heterocycles. The Balaban J connectivity index is 1.42. The number of aromatic nitrogens is 2. The summed E-state index contributed by atoms with van der Waals surface area (Å²) >= 11 is 0. The SMILES string of the molecule is COc1ccccc1N1CCN(CCCCn2nc(C)ccc2=O)CC1. The smallest absolute Gasteiger partial charge is 0.266 e. The number of benzene rings is 1. The molecule has 0 spiro atoms. The van der Waals surface area contributed by atoms with Crippen molar-refractivity contribution < 1.29 is 4.74 Å². The van der Waals surface area contributed by atoms with E-state index in [0.717, 1.165) is 57.0 Å². The predicted octanol–water partition coefficient (Wildman–Crippen LogP) is 2.16. The molecule has 6 nitrogen and oxygen atoms in total. The second kappa shape index (κ2) is 8.85. The van der Waals surface area contributed by atoms with E-state index >= 15 is 0 Å². The first-order valence-electron chi connectivity index (χ1n) is 9.32. The predicted molar refractivity (Wildman–Crippen MR) is 104 cm³/mol. The molecule has 2 aromatic rings. The highest BCUT2D eigenvalue weighted by Gasteiger charge is 2.19. The van der Waals surface area contributed by atoms with Crippen LogP contribution in [0, 0.1) is 6.92 Å². The second-order valence-electron chi connectivity index (χ2n) is 6.74. The van der Waals surface area contributed by atoms with Crippen molar-refractivity contribution in [3.05, 3.63) is 52.4 Å². The fraction of sp³-hybridized carbons (Fsp3) is 0.500. The summed E-state index contributed by atoms with van der Waals surface area (Å²) in [7, 11) is 1.73. The molecule has 2 heterocycles. The van der Waals surface area contributed by atoms with Crippen LogP contribution in [0.1, 0.15) is 18.5 Å². The van der Waals surface area contributed by atoms with Crippen LogP contribution in [0.4, 0.5) is 5.69 Å². The number of unbranched alkanes of at least 4 members (excludes halogenated alkanes) is 1. The molecule has 1 aliphatic rings. The van der Waals surface area contributed by atoms with E-state index in [4.69, 9.17) is 4.74 Å². The number of nitrogens with zero attached hydrogens (tertiary/aromatic N) is 4. The number of anilines is 1. The van der Waals surface area contributed by atoms with Gasteiger partial charge in [-0.05, 0) is 44.5 Å². The van der Waals surface area contributed by atoms with Gasteiger partial charge in [0.25, 0.3) is 5.56 Å². The minimum absolute atomic E-state index is 0.0129. The lowest BCUT2D eigenvalue weighted by Gasteiger charge is -2.36. The van der Waals surface area contributed by atoms with E-state index in [2.05, 4.69) is 27.0 Å². The lowest BCUT2D eigenvalue weighted by atomic mass is 10.2. The van der Waals surface area contributed by atoms with Crippen LogP contribution >= 0.6 is 0 Å². The maximum atomic E-state index is 11.8. The van der Waals surface area contributed by atoms with Crippen LogP contribution in [-0.2, 0) is 6.54 Å². The van der Waals surface area contributed by atoms with Crippen molar-refractivity contribution in [3.63, 3.8) is 0 Å². The lowest BCUT2D eigenvalue weighted by molar-refractivity contribution is 0.250. The molecule has 140 valence electrons. The highest BCUT2D eigenvalue weighted by molar-refractivity contribution is 5.58. The van der Waals surface area contributed by atoms with E-state index < -0.39 is 0 Å². The number of ether oxygens (including phenoxy) is 1. The summed E-state index contributed by atoms with van der Waals surface area (Å²) in [5, 5.41) is 4.29. The van der Waals surface area contributed by atoms with E-state index in [9.17, 15) is 4.79 Å². The van der Waals surface area contributed by atoms with Crippen molar-refractivity contribution in [2.45, 2.75) is 26.3 Å². The van der Waals surface area contributed by atoms with E-state index in [1.807, 2.05) is 19.1 Å². The molecule has 6 heteroatoms. The first kappa shape index (κ1) is 18.5. The zero-order chi connectivity index (χ0) is 18.4. The fourth-order valence-electron chi connectivity index (χ4n) is 3.41. The number of hydrogen-bond acceptors (Lipinski definition) is 5. The number of aryl methyl sites for hydroxylation is 2. The zero-order valence-corrected chi connectivity index (χ0v) is 15.7. The normalized spacial score (nSPS) is 15.2. The summed E-state index contributed by atoms with van der Waals surface area (Å²) in [6.07, 6.45) is 2.06. The quantitative estimate of drug-likeness (QED) is 0.712. The van der Waals surface area contributed by atoms with Gasteiger partial charge in [0.15, 0.2) is 0 Å². The Morgan fingerprint density at radius 3 is 2.50 bits per heavy atom. The molecule has 1 saturated heterocycles. The number of methoxy groups -OCH3 is 1. The molecule has 0 saturated carbocycles. The minimum Gasteiger partial charge on any atom is -0.495 e. The monoisotopic (exact) mass is 356 g/mol. The summed E-state index contributed by atoms with van der Waals surface area (Å²) in [5.74, 6) is 0.942. The third kappa shape index (κ3) is 4.64.